The molecular formula is C8H9BrClF2N. The third kappa shape index (κ3) is 3.21. The van der Waals surface area contributed by atoms with Crippen molar-refractivity contribution in [2.24, 2.45) is 5.73 Å². The Hall–Kier alpha value is -0.190. The van der Waals surface area contributed by atoms with Crippen LogP contribution in [0.2, 0.25) is 0 Å². The number of nitrogens with two attached hydrogens (primary N) is 1. The van der Waals surface area contributed by atoms with Gasteiger partial charge in [0.15, 0.2) is 0 Å². The second kappa shape index (κ2) is 5.52. The Morgan fingerprint density at radius 1 is 1.23 bits per heavy atom. The maximum absolute atomic E-state index is 13.0. The van der Waals surface area contributed by atoms with Gasteiger partial charge in [-0.25, -0.2) is 8.78 Å². The van der Waals surface area contributed by atoms with Gasteiger partial charge < -0.3 is 5.73 Å². The smallest absolute Gasteiger partial charge is 0.137 e. The molecule has 1 aromatic rings. The molecule has 0 spiro atoms. The highest BCUT2D eigenvalue weighted by Crippen LogP contribution is 2.19. The van der Waals surface area contributed by atoms with Gasteiger partial charge in [-0.3, -0.25) is 0 Å². The second-order valence-electron chi connectivity index (χ2n) is 2.40. The summed E-state index contributed by atoms with van der Waals surface area (Å²) in [5.74, 6) is -0.881. The normalized spacial score (nSPS) is 9.54. The molecule has 0 aliphatic rings. The topological polar surface area (TPSA) is 26.0 Å². The Kier molecular flexibility index (Phi) is 5.44. The first kappa shape index (κ1) is 12.8. The first-order chi connectivity index (χ1) is 5.65. The molecule has 1 aromatic carbocycles. The predicted octanol–water partition coefficient (Wildman–Crippen LogP) is 2.65. The van der Waals surface area contributed by atoms with E-state index in [0.717, 1.165) is 12.1 Å². The van der Waals surface area contributed by atoms with Crippen LogP contribution in [0.15, 0.2) is 16.6 Å². The first-order valence-corrected chi connectivity index (χ1v) is 4.28. The van der Waals surface area contributed by atoms with Crippen LogP contribution in [0.3, 0.4) is 0 Å². The Morgan fingerprint density at radius 3 is 2.38 bits per heavy atom. The van der Waals surface area contributed by atoms with Gasteiger partial charge >= 0.3 is 0 Å². The predicted molar refractivity (Wildman–Crippen MR) is 54.1 cm³/mol. The van der Waals surface area contributed by atoms with Gasteiger partial charge in [-0.05, 0) is 46.6 Å². The van der Waals surface area contributed by atoms with E-state index in [9.17, 15) is 8.78 Å². The van der Waals surface area contributed by atoms with E-state index in [1.807, 2.05) is 0 Å². The summed E-state index contributed by atoms with van der Waals surface area (Å²) in [4.78, 5) is 0. The Morgan fingerprint density at radius 2 is 1.85 bits per heavy atom. The lowest BCUT2D eigenvalue weighted by atomic mass is 10.1. The van der Waals surface area contributed by atoms with Crippen LogP contribution in [-0.4, -0.2) is 6.54 Å². The number of benzene rings is 1. The van der Waals surface area contributed by atoms with Crippen LogP contribution in [-0.2, 0) is 6.42 Å². The Bertz CT molecular complexity index is 294. The van der Waals surface area contributed by atoms with Crippen molar-refractivity contribution < 1.29 is 8.78 Å². The van der Waals surface area contributed by atoms with Crippen molar-refractivity contribution in [1.82, 2.24) is 0 Å². The van der Waals surface area contributed by atoms with Crippen LogP contribution >= 0.6 is 28.3 Å². The van der Waals surface area contributed by atoms with Crippen molar-refractivity contribution in [2.45, 2.75) is 6.42 Å². The fourth-order valence-electron chi connectivity index (χ4n) is 0.911. The van der Waals surface area contributed by atoms with Gasteiger partial charge in [0.25, 0.3) is 0 Å². The highest BCUT2D eigenvalue weighted by atomic mass is 79.9. The summed E-state index contributed by atoms with van der Waals surface area (Å²) in [7, 11) is 0. The minimum absolute atomic E-state index is 0. The molecule has 1 rings (SSSR count). The molecule has 13 heavy (non-hydrogen) atoms. The lowest BCUT2D eigenvalue weighted by Gasteiger charge is -2.02. The molecule has 0 aliphatic heterocycles. The van der Waals surface area contributed by atoms with Crippen molar-refractivity contribution in [3.05, 3.63) is 33.8 Å². The molecule has 5 heteroatoms. The molecule has 1 nitrogen and oxygen atoms in total. The van der Waals surface area contributed by atoms with Crippen LogP contribution < -0.4 is 5.73 Å². The van der Waals surface area contributed by atoms with E-state index < -0.39 is 11.6 Å². The third-order valence-electron chi connectivity index (χ3n) is 1.50. The van der Waals surface area contributed by atoms with E-state index in [1.165, 1.54) is 0 Å². The molecular weight excluding hydrogens is 263 g/mol. The lowest BCUT2D eigenvalue weighted by Crippen LogP contribution is -2.05. The van der Waals surface area contributed by atoms with E-state index >= 15 is 0 Å². The van der Waals surface area contributed by atoms with E-state index in [1.54, 1.807) is 0 Å². The molecule has 0 saturated carbocycles. The van der Waals surface area contributed by atoms with Crippen molar-refractivity contribution in [3.8, 4) is 0 Å². The van der Waals surface area contributed by atoms with Crippen LogP contribution in [0.4, 0.5) is 8.78 Å². The Labute approximate surface area is 89.9 Å². The van der Waals surface area contributed by atoms with Crippen molar-refractivity contribution >= 4 is 28.3 Å². The molecule has 0 atom stereocenters. The van der Waals surface area contributed by atoms with Crippen LogP contribution in [0, 0.1) is 11.6 Å². The van der Waals surface area contributed by atoms with Crippen molar-refractivity contribution in [2.75, 3.05) is 6.54 Å². The Balaban J connectivity index is 0.00000144. The maximum Gasteiger partial charge on any atom is 0.137 e. The lowest BCUT2D eigenvalue weighted by molar-refractivity contribution is 0.580. The van der Waals surface area contributed by atoms with Gasteiger partial charge in [0.05, 0.1) is 4.47 Å². The van der Waals surface area contributed by atoms with Gasteiger partial charge in [-0.1, -0.05) is 0 Å². The van der Waals surface area contributed by atoms with Crippen molar-refractivity contribution in [1.29, 1.82) is 0 Å². The summed E-state index contributed by atoms with van der Waals surface area (Å²) in [6.45, 7) is 0.317. The molecule has 0 saturated heterocycles. The van der Waals surface area contributed by atoms with Gasteiger partial charge in [-0.15, -0.1) is 12.4 Å². The monoisotopic (exact) mass is 271 g/mol. The minimum Gasteiger partial charge on any atom is -0.330 e. The zero-order chi connectivity index (χ0) is 9.14. The van der Waals surface area contributed by atoms with Gasteiger partial charge in [0.2, 0.25) is 0 Å². The van der Waals surface area contributed by atoms with E-state index in [2.05, 4.69) is 15.9 Å². The van der Waals surface area contributed by atoms with Crippen molar-refractivity contribution in [3.63, 3.8) is 0 Å². The summed E-state index contributed by atoms with van der Waals surface area (Å²) < 4.78 is 25.9. The number of rotatable bonds is 2. The molecule has 2 N–H and O–H groups in total. The molecule has 0 radical (unpaired) electrons. The van der Waals surface area contributed by atoms with Crippen LogP contribution in [0.5, 0.6) is 0 Å². The molecule has 0 aliphatic carbocycles. The standard InChI is InChI=1S/C8H8BrF2N.ClH/c9-6-4-7(10)5(1-2-12)3-8(6)11;/h3-4H,1-2,12H2;1H. The number of halogens is 4. The molecule has 0 bridgehead atoms. The molecule has 0 heterocycles. The summed E-state index contributed by atoms with van der Waals surface area (Å²) >= 11 is 2.89. The molecule has 0 amide bonds. The summed E-state index contributed by atoms with van der Waals surface area (Å²) in [5, 5.41) is 0. The zero-order valence-electron chi connectivity index (χ0n) is 6.69. The third-order valence-corrected chi connectivity index (χ3v) is 2.11. The second-order valence-corrected chi connectivity index (χ2v) is 3.25. The summed E-state index contributed by atoms with van der Waals surface area (Å²) in [6, 6.07) is 2.27. The first-order valence-electron chi connectivity index (χ1n) is 3.48. The maximum atomic E-state index is 13.0. The summed E-state index contributed by atoms with van der Waals surface area (Å²) in [6.07, 6.45) is 0.357. The molecule has 0 fully saturated rings. The van der Waals surface area contributed by atoms with Gasteiger partial charge in [0, 0.05) is 0 Å². The highest BCUT2D eigenvalue weighted by molar-refractivity contribution is 9.10. The molecule has 0 aromatic heterocycles. The molecule has 0 unspecified atom stereocenters. The zero-order valence-corrected chi connectivity index (χ0v) is 9.09. The SMILES string of the molecule is Cl.NCCc1cc(F)c(Br)cc1F. The van der Waals surface area contributed by atoms with E-state index in [0.29, 0.717) is 18.5 Å². The average molecular weight is 273 g/mol. The summed E-state index contributed by atoms with van der Waals surface area (Å²) in [5.41, 5.74) is 5.53. The quantitative estimate of drug-likeness (QED) is 0.823. The van der Waals surface area contributed by atoms with Crippen LogP contribution in [0.1, 0.15) is 5.56 Å². The largest absolute Gasteiger partial charge is 0.330 e. The fourth-order valence-corrected chi connectivity index (χ4v) is 1.23. The minimum atomic E-state index is -0.458. The number of hydrogen-bond acceptors (Lipinski definition) is 1. The van der Waals surface area contributed by atoms with E-state index in [4.69, 9.17) is 5.73 Å². The molecule has 74 valence electrons. The number of hydrogen-bond donors (Lipinski definition) is 1. The van der Waals surface area contributed by atoms with Crippen LogP contribution in [0.25, 0.3) is 0 Å². The highest BCUT2D eigenvalue weighted by Gasteiger charge is 2.06. The van der Waals surface area contributed by atoms with Gasteiger partial charge in [0.1, 0.15) is 11.6 Å². The van der Waals surface area contributed by atoms with Gasteiger partial charge in [-0.2, -0.15) is 0 Å². The van der Waals surface area contributed by atoms with E-state index in [-0.39, 0.29) is 16.9 Å². The average Bonchev–Trinajstić information content (AvgIpc) is 2.01. The fraction of sp³-hybridized carbons (Fsp3) is 0.250.